The first-order valence-electron chi connectivity index (χ1n) is 7.51. The molecule has 0 aliphatic rings. The van der Waals surface area contributed by atoms with Crippen LogP contribution in [-0.2, 0) is 0 Å². The van der Waals surface area contributed by atoms with Gasteiger partial charge in [-0.3, -0.25) is 4.79 Å². The van der Waals surface area contributed by atoms with Crippen LogP contribution in [0.4, 0.5) is 10.5 Å². The molecule has 0 heterocycles. The number of urea groups is 1. The maximum Gasteiger partial charge on any atom is 0.319 e. The van der Waals surface area contributed by atoms with Crippen molar-refractivity contribution in [1.82, 2.24) is 10.2 Å². The van der Waals surface area contributed by atoms with Gasteiger partial charge in [-0.15, -0.1) is 0 Å². The second-order valence-corrected chi connectivity index (χ2v) is 6.09. The van der Waals surface area contributed by atoms with Gasteiger partial charge in [0.15, 0.2) is 0 Å². The number of carbonyl (C=O) groups is 2. The molecule has 2 rings (SSSR count). The summed E-state index contributed by atoms with van der Waals surface area (Å²) in [5, 5.41) is 6.20. The lowest BCUT2D eigenvalue weighted by Gasteiger charge is -2.16. The quantitative estimate of drug-likeness (QED) is 0.882. The number of benzene rings is 2. The number of nitrogens with zero attached hydrogens (tertiary/aromatic N) is 1. The molecule has 0 bridgehead atoms. The lowest BCUT2D eigenvalue weighted by molar-refractivity contribution is 0.0827. The van der Waals surface area contributed by atoms with Gasteiger partial charge in [-0.05, 0) is 42.8 Å². The Morgan fingerprint density at radius 2 is 1.79 bits per heavy atom. The normalized spacial score (nSPS) is 11.5. The molecule has 5 nitrogen and oxygen atoms in total. The number of rotatable bonds is 4. The fraction of sp³-hybridized carbons (Fsp3) is 0.222. The summed E-state index contributed by atoms with van der Waals surface area (Å²) in [6.07, 6.45) is 0. The Morgan fingerprint density at radius 1 is 1.08 bits per heavy atom. The Bertz CT molecular complexity index is 747. The minimum absolute atomic E-state index is 0.119. The van der Waals surface area contributed by atoms with Gasteiger partial charge in [0.1, 0.15) is 0 Å². The van der Waals surface area contributed by atoms with Gasteiger partial charge in [0.2, 0.25) is 0 Å². The third-order valence-electron chi connectivity index (χ3n) is 3.47. The van der Waals surface area contributed by atoms with Crippen LogP contribution in [0.1, 0.15) is 28.9 Å². The highest BCUT2D eigenvalue weighted by molar-refractivity contribution is 6.30. The molecule has 0 unspecified atom stereocenters. The van der Waals surface area contributed by atoms with Crippen LogP contribution in [0.15, 0.2) is 48.5 Å². The van der Waals surface area contributed by atoms with Gasteiger partial charge in [0, 0.05) is 30.4 Å². The molecule has 0 aliphatic carbocycles. The highest BCUT2D eigenvalue weighted by Crippen LogP contribution is 2.18. The number of nitrogens with one attached hydrogen (secondary N) is 2. The van der Waals surface area contributed by atoms with E-state index < -0.39 is 0 Å². The van der Waals surface area contributed by atoms with Crippen LogP contribution in [0.25, 0.3) is 0 Å². The molecule has 1 atom stereocenters. The van der Waals surface area contributed by atoms with Crippen molar-refractivity contribution in [2.45, 2.75) is 13.0 Å². The first kappa shape index (κ1) is 17.8. The fourth-order valence-corrected chi connectivity index (χ4v) is 2.41. The summed E-state index contributed by atoms with van der Waals surface area (Å²) in [7, 11) is 3.36. The molecule has 0 fully saturated rings. The zero-order chi connectivity index (χ0) is 17.7. The summed E-state index contributed by atoms with van der Waals surface area (Å²) in [5.41, 5.74) is 1.98. The summed E-state index contributed by atoms with van der Waals surface area (Å²) >= 11 is 5.96. The Morgan fingerprint density at radius 3 is 2.46 bits per heavy atom. The molecule has 0 aromatic heterocycles. The van der Waals surface area contributed by atoms with E-state index in [0.29, 0.717) is 16.3 Å². The minimum atomic E-state index is -0.350. The lowest BCUT2D eigenvalue weighted by Crippen LogP contribution is -2.31. The molecule has 0 spiro atoms. The van der Waals surface area contributed by atoms with Gasteiger partial charge in [-0.1, -0.05) is 29.8 Å². The second kappa shape index (κ2) is 7.84. The smallest absolute Gasteiger partial charge is 0.319 e. The molecule has 2 aromatic carbocycles. The van der Waals surface area contributed by atoms with Crippen LogP contribution in [0.5, 0.6) is 0 Å². The number of amides is 3. The maximum atomic E-state index is 12.1. The molecule has 6 heteroatoms. The zero-order valence-electron chi connectivity index (χ0n) is 13.8. The largest absolute Gasteiger partial charge is 0.345 e. The van der Waals surface area contributed by atoms with Crippen molar-refractivity contribution < 1.29 is 9.59 Å². The average Bonchev–Trinajstić information content (AvgIpc) is 2.54. The van der Waals surface area contributed by atoms with E-state index in [9.17, 15) is 9.59 Å². The first-order valence-corrected chi connectivity index (χ1v) is 7.89. The number of anilines is 1. The molecule has 24 heavy (non-hydrogen) atoms. The van der Waals surface area contributed by atoms with E-state index in [1.54, 1.807) is 44.4 Å². The molecule has 0 saturated carbocycles. The van der Waals surface area contributed by atoms with Crippen molar-refractivity contribution in [3.05, 3.63) is 64.7 Å². The Labute approximate surface area is 146 Å². The Hall–Kier alpha value is -2.53. The van der Waals surface area contributed by atoms with Crippen molar-refractivity contribution in [2.75, 3.05) is 19.4 Å². The molecule has 2 aromatic rings. The van der Waals surface area contributed by atoms with Crippen molar-refractivity contribution in [1.29, 1.82) is 0 Å². The summed E-state index contributed by atoms with van der Waals surface area (Å²) in [5.74, 6) is -0.119. The Balaban J connectivity index is 2.02. The van der Waals surface area contributed by atoms with E-state index in [4.69, 9.17) is 11.6 Å². The lowest BCUT2D eigenvalue weighted by atomic mass is 10.1. The average molecular weight is 346 g/mol. The van der Waals surface area contributed by atoms with E-state index in [1.807, 2.05) is 25.1 Å². The number of halogens is 1. The predicted molar refractivity (Wildman–Crippen MR) is 96.5 cm³/mol. The Kier molecular flexibility index (Phi) is 5.82. The molecule has 3 amide bonds. The first-order chi connectivity index (χ1) is 11.4. The van der Waals surface area contributed by atoms with Crippen LogP contribution in [-0.4, -0.2) is 30.9 Å². The van der Waals surface area contributed by atoms with Crippen molar-refractivity contribution >= 4 is 29.2 Å². The van der Waals surface area contributed by atoms with Gasteiger partial charge in [0.05, 0.1) is 6.04 Å². The highest BCUT2D eigenvalue weighted by Gasteiger charge is 2.12. The van der Waals surface area contributed by atoms with Gasteiger partial charge in [0.25, 0.3) is 5.91 Å². The molecule has 0 aliphatic heterocycles. The van der Waals surface area contributed by atoms with E-state index in [2.05, 4.69) is 10.6 Å². The topological polar surface area (TPSA) is 61.4 Å². The van der Waals surface area contributed by atoms with Crippen LogP contribution < -0.4 is 10.6 Å². The monoisotopic (exact) mass is 345 g/mol. The minimum Gasteiger partial charge on any atom is -0.345 e. The van der Waals surface area contributed by atoms with Crippen LogP contribution >= 0.6 is 11.6 Å². The van der Waals surface area contributed by atoms with Crippen molar-refractivity contribution in [3.8, 4) is 0 Å². The zero-order valence-corrected chi connectivity index (χ0v) is 14.6. The number of carbonyl (C=O) groups excluding carboxylic acids is 2. The van der Waals surface area contributed by atoms with Crippen molar-refractivity contribution in [2.24, 2.45) is 0 Å². The molecule has 0 radical (unpaired) electrons. The molecular weight excluding hydrogens is 326 g/mol. The van der Waals surface area contributed by atoms with Crippen LogP contribution in [0.3, 0.4) is 0 Å². The summed E-state index contributed by atoms with van der Waals surface area (Å²) < 4.78 is 0. The third kappa shape index (κ3) is 4.73. The molecule has 0 saturated heterocycles. The third-order valence-corrected chi connectivity index (χ3v) is 3.70. The predicted octanol–water partition coefficient (Wildman–Crippen LogP) is 3.92. The summed E-state index contributed by atoms with van der Waals surface area (Å²) in [6.45, 7) is 1.87. The second-order valence-electron chi connectivity index (χ2n) is 5.66. The number of hydrogen-bond acceptors (Lipinski definition) is 2. The fourth-order valence-electron chi connectivity index (χ4n) is 2.21. The SMILES string of the molecule is C[C@H](NC(=O)Nc1cccc(C(=O)N(C)C)c1)c1cccc(Cl)c1. The highest BCUT2D eigenvalue weighted by atomic mass is 35.5. The van der Waals surface area contributed by atoms with Gasteiger partial charge >= 0.3 is 6.03 Å². The standard InChI is InChI=1S/C18H20ClN3O2/c1-12(13-6-4-8-15(19)10-13)20-18(24)21-16-9-5-7-14(11-16)17(23)22(2)3/h4-12H,1-3H3,(H2,20,21,24)/t12-/m0/s1. The summed E-state index contributed by atoms with van der Waals surface area (Å²) in [6, 6.07) is 13.6. The molecule has 2 N–H and O–H groups in total. The van der Waals surface area contributed by atoms with Gasteiger partial charge < -0.3 is 15.5 Å². The van der Waals surface area contributed by atoms with Gasteiger partial charge in [-0.25, -0.2) is 4.79 Å². The maximum absolute atomic E-state index is 12.1. The van der Waals surface area contributed by atoms with E-state index in [-0.39, 0.29) is 18.0 Å². The molecular formula is C18H20ClN3O2. The van der Waals surface area contributed by atoms with E-state index >= 15 is 0 Å². The van der Waals surface area contributed by atoms with Gasteiger partial charge in [-0.2, -0.15) is 0 Å². The van der Waals surface area contributed by atoms with Crippen LogP contribution in [0, 0.1) is 0 Å². The molecule has 126 valence electrons. The van der Waals surface area contributed by atoms with E-state index in [1.165, 1.54) is 4.90 Å². The number of hydrogen-bond donors (Lipinski definition) is 2. The van der Waals surface area contributed by atoms with E-state index in [0.717, 1.165) is 5.56 Å². The van der Waals surface area contributed by atoms with Crippen LogP contribution in [0.2, 0.25) is 5.02 Å². The van der Waals surface area contributed by atoms with Crippen molar-refractivity contribution in [3.63, 3.8) is 0 Å². The summed E-state index contributed by atoms with van der Waals surface area (Å²) in [4.78, 5) is 25.6.